The summed E-state index contributed by atoms with van der Waals surface area (Å²) in [7, 11) is 0. The molecule has 0 aliphatic carbocycles. The molecule has 0 atom stereocenters. The molecule has 0 radical (unpaired) electrons. The van der Waals surface area contributed by atoms with Crippen molar-refractivity contribution in [2.75, 3.05) is 11.1 Å². The maximum absolute atomic E-state index is 12.2. The number of nitrogens with one attached hydrogen (secondary N) is 1. The van der Waals surface area contributed by atoms with Gasteiger partial charge in [0.05, 0.1) is 5.69 Å². The van der Waals surface area contributed by atoms with Crippen LogP contribution in [0.4, 0.5) is 10.8 Å². The van der Waals surface area contributed by atoms with Gasteiger partial charge in [-0.2, -0.15) is 0 Å². The summed E-state index contributed by atoms with van der Waals surface area (Å²) in [6.45, 7) is 2.05. The average molecular weight is 337 g/mol. The lowest BCUT2D eigenvalue weighted by Crippen LogP contribution is -2.12. The summed E-state index contributed by atoms with van der Waals surface area (Å²) in [4.78, 5) is 16.4. The Morgan fingerprint density at radius 2 is 2.00 bits per heavy atom. The van der Waals surface area contributed by atoms with Crippen LogP contribution in [0, 0.1) is 6.92 Å². The van der Waals surface area contributed by atoms with Gasteiger partial charge in [0.2, 0.25) is 5.91 Å². The second kappa shape index (κ2) is 7.27. The number of nitrogens with zero attached hydrogens (tertiary/aromatic N) is 1. The molecule has 1 aromatic heterocycles. The van der Waals surface area contributed by atoms with Crippen LogP contribution in [-0.2, 0) is 11.2 Å². The third-order valence-corrected chi connectivity index (χ3v) is 4.40. The molecule has 24 heavy (non-hydrogen) atoms. The van der Waals surface area contributed by atoms with Crippen LogP contribution >= 0.6 is 11.3 Å². The van der Waals surface area contributed by atoms with Gasteiger partial charge < -0.3 is 11.1 Å². The number of nitrogen functional groups attached to an aromatic ring is 1. The van der Waals surface area contributed by atoms with Crippen molar-refractivity contribution in [1.82, 2.24) is 4.98 Å². The first-order valence-electron chi connectivity index (χ1n) is 7.77. The first kappa shape index (κ1) is 16.2. The van der Waals surface area contributed by atoms with Crippen LogP contribution in [0.15, 0.2) is 53.9 Å². The molecule has 0 aliphatic heterocycles. The number of aryl methyl sites for hydroxylation is 2. The smallest absolute Gasteiger partial charge is 0.224 e. The highest BCUT2D eigenvalue weighted by atomic mass is 32.1. The lowest BCUT2D eigenvalue weighted by molar-refractivity contribution is -0.116. The lowest BCUT2D eigenvalue weighted by Gasteiger charge is -2.07. The van der Waals surface area contributed by atoms with Crippen molar-refractivity contribution in [3.8, 4) is 11.3 Å². The predicted octanol–water partition coefficient (Wildman–Crippen LogP) is 4.27. The molecular weight excluding hydrogens is 318 g/mol. The molecule has 5 heteroatoms. The summed E-state index contributed by atoms with van der Waals surface area (Å²) in [6, 6.07) is 15.9. The van der Waals surface area contributed by atoms with E-state index in [2.05, 4.69) is 41.5 Å². The highest BCUT2D eigenvalue weighted by Gasteiger charge is 2.06. The summed E-state index contributed by atoms with van der Waals surface area (Å²) in [6.07, 6.45) is 1.19. The number of benzene rings is 2. The van der Waals surface area contributed by atoms with Crippen molar-refractivity contribution in [3.05, 3.63) is 65.0 Å². The monoisotopic (exact) mass is 337 g/mol. The quantitative estimate of drug-likeness (QED) is 0.730. The Bertz CT molecular complexity index is 840. The molecule has 0 aliphatic rings. The maximum atomic E-state index is 12.2. The van der Waals surface area contributed by atoms with Crippen LogP contribution in [-0.4, -0.2) is 10.9 Å². The number of amides is 1. The normalized spacial score (nSPS) is 10.5. The van der Waals surface area contributed by atoms with Crippen molar-refractivity contribution in [3.63, 3.8) is 0 Å². The van der Waals surface area contributed by atoms with Crippen LogP contribution in [0.1, 0.15) is 17.5 Å². The Morgan fingerprint density at radius 3 is 2.71 bits per heavy atom. The first-order chi connectivity index (χ1) is 11.6. The van der Waals surface area contributed by atoms with Gasteiger partial charge in [-0.05, 0) is 31.0 Å². The topological polar surface area (TPSA) is 68.0 Å². The van der Waals surface area contributed by atoms with E-state index in [1.165, 1.54) is 22.5 Å². The number of aromatic nitrogens is 1. The van der Waals surface area contributed by atoms with E-state index in [0.29, 0.717) is 11.6 Å². The number of rotatable bonds is 5. The number of carbonyl (C=O) groups is 1. The maximum Gasteiger partial charge on any atom is 0.224 e. The highest BCUT2D eigenvalue weighted by Crippen LogP contribution is 2.25. The van der Waals surface area contributed by atoms with Crippen molar-refractivity contribution in [2.24, 2.45) is 0 Å². The molecule has 0 unspecified atom stereocenters. The van der Waals surface area contributed by atoms with Crippen molar-refractivity contribution in [2.45, 2.75) is 19.8 Å². The number of nitrogens with two attached hydrogens (primary N) is 1. The summed E-state index contributed by atoms with van der Waals surface area (Å²) >= 11 is 1.41. The molecule has 3 rings (SSSR count). The van der Waals surface area contributed by atoms with Gasteiger partial charge in [-0.3, -0.25) is 4.79 Å². The zero-order valence-corrected chi connectivity index (χ0v) is 14.3. The summed E-state index contributed by atoms with van der Waals surface area (Å²) < 4.78 is 0. The van der Waals surface area contributed by atoms with Crippen molar-refractivity contribution >= 4 is 28.1 Å². The average Bonchev–Trinajstić information content (AvgIpc) is 3.01. The Hall–Kier alpha value is -2.66. The van der Waals surface area contributed by atoms with Gasteiger partial charge in [-0.15, -0.1) is 11.3 Å². The molecule has 1 amide bonds. The minimum Gasteiger partial charge on any atom is -0.375 e. The minimum atomic E-state index is 0.00511. The van der Waals surface area contributed by atoms with Gasteiger partial charge in [0, 0.05) is 23.1 Å². The summed E-state index contributed by atoms with van der Waals surface area (Å²) in [5, 5.41) is 5.40. The third-order valence-electron chi connectivity index (χ3n) is 3.73. The second-order valence-corrected chi connectivity index (χ2v) is 6.58. The molecule has 4 nitrogen and oxygen atoms in total. The first-order valence-corrected chi connectivity index (χ1v) is 8.65. The molecular formula is C19H19N3OS. The van der Waals surface area contributed by atoms with Gasteiger partial charge in [-0.25, -0.2) is 4.98 Å². The number of hydrogen-bond donors (Lipinski definition) is 2. The predicted molar refractivity (Wildman–Crippen MR) is 100 cm³/mol. The zero-order chi connectivity index (χ0) is 16.9. The van der Waals surface area contributed by atoms with Gasteiger partial charge >= 0.3 is 0 Å². The molecule has 2 aromatic carbocycles. The third kappa shape index (κ3) is 4.20. The number of thiazole rings is 1. The molecule has 3 aromatic rings. The molecule has 1 heterocycles. The molecule has 0 spiro atoms. The number of hydrogen-bond acceptors (Lipinski definition) is 4. The van der Waals surface area contributed by atoms with E-state index in [1.807, 2.05) is 29.6 Å². The van der Waals surface area contributed by atoms with Gasteiger partial charge in [-0.1, -0.05) is 42.0 Å². The van der Waals surface area contributed by atoms with Crippen LogP contribution in [0.3, 0.4) is 0 Å². The van der Waals surface area contributed by atoms with Crippen LogP contribution in [0.2, 0.25) is 0 Å². The minimum absolute atomic E-state index is 0.00511. The van der Waals surface area contributed by atoms with Crippen molar-refractivity contribution < 1.29 is 4.79 Å². The number of anilines is 2. The van der Waals surface area contributed by atoms with Crippen LogP contribution in [0.25, 0.3) is 11.3 Å². The Labute approximate surface area is 145 Å². The van der Waals surface area contributed by atoms with E-state index in [9.17, 15) is 4.79 Å². The molecule has 0 bridgehead atoms. The van der Waals surface area contributed by atoms with E-state index in [0.717, 1.165) is 23.4 Å². The van der Waals surface area contributed by atoms with E-state index in [-0.39, 0.29) is 5.91 Å². The molecule has 0 saturated carbocycles. The standard InChI is InChI=1S/C19H19N3OS/c1-13-5-7-14(8-6-13)9-10-18(23)21-16-4-2-3-15(11-16)17-12-24-19(20)22-17/h2-8,11-12H,9-10H2,1H3,(H2,20,22)(H,21,23). The van der Waals surface area contributed by atoms with Crippen molar-refractivity contribution in [1.29, 1.82) is 0 Å². The Balaban J connectivity index is 1.61. The van der Waals surface area contributed by atoms with Crippen LogP contribution in [0.5, 0.6) is 0 Å². The largest absolute Gasteiger partial charge is 0.375 e. The summed E-state index contributed by atoms with van der Waals surface area (Å²) in [5.74, 6) is 0.00511. The zero-order valence-electron chi connectivity index (χ0n) is 13.5. The second-order valence-electron chi connectivity index (χ2n) is 5.69. The van der Waals surface area contributed by atoms with Gasteiger partial charge in [0.1, 0.15) is 0 Å². The fourth-order valence-corrected chi connectivity index (χ4v) is 2.98. The molecule has 3 N–H and O–H groups in total. The van der Waals surface area contributed by atoms with E-state index in [1.54, 1.807) is 0 Å². The lowest BCUT2D eigenvalue weighted by atomic mass is 10.1. The SMILES string of the molecule is Cc1ccc(CCC(=O)Nc2cccc(-c3csc(N)n3)c2)cc1. The fourth-order valence-electron chi connectivity index (χ4n) is 2.41. The highest BCUT2D eigenvalue weighted by molar-refractivity contribution is 7.13. The van der Waals surface area contributed by atoms with E-state index in [4.69, 9.17) is 5.73 Å². The van der Waals surface area contributed by atoms with E-state index >= 15 is 0 Å². The fraction of sp³-hybridized carbons (Fsp3) is 0.158. The van der Waals surface area contributed by atoms with Crippen LogP contribution < -0.4 is 11.1 Å². The Morgan fingerprint density at radius 1 is 1.21 bits per heavy atom. The van der Waals surface area contributed by atoms with E-state index < -0.39 is 0 Å². The van der Waals surface area contributed by atoms with Gasteiger partial charge in [0.15, 0.2) is 5.13 Å². The Kier molecular flexibility index (Phi) is 4.91. The molecule has 0 saturated heterocycles. The van der Waals surface area contributed by atoms with Gasteiger partial charge in [0.25, 0.3) is 0 Å². The number of carbonyl (C=O) groups excluding carboxylic acids is 1. The molecule has 0 fully saturated rings. The summed E-state index contributed by atoms with van der Waals surface area (Å²) in [5.41, 5.74) is 10.6. The molecule has 122 valence electrons.